The van der Waals surface area contributed by atoms with Gasteiger partial charge in [-0.2, -0.15) is 0 Å². The molecule has 0 fully saturated rings. The van der Waals surface area contributed by atoms with Crippen molar-refractivity contribution in [3.63, 3.8) is 0 Å². The summed E-state index contributed by atoms with van der Waals surface area (Å²) in [6.45, 7) is 23.8. The van der Waals surface area contributed by atoms with Crippen LogP contribution in [0.3, 0.4) is 0 Å². The second kappa shape index (κ2) is 40.3. The summed E-state index contributed by atoms with van der Waals surface area (Å²) in [6.07, 6.45) is 12.4. The van der Waals surface area contributed by atoms with Crippen LogP contribution in [0.5, 0.6) is 0 Å². The van der Waals surface area contributed by atoms with Gasteiger partial charge in [0.25, 0.3) is 0 Å². The van der Waals surface area contributed by atoms with Crippen LogP contribution < -0.4 is 0 Å². The summed E-state index contributed by atoms with van der Waals surface area (Å²) < 4.78 is 0. The van der Waals surface area contributed by atoms with E-state index in [-0.39, 0.29) is 29.1 Å². The van der Waals surface area contributed by atoms with Crippen LogP contribution in [0.15, 0.2) is 30.3 Å². The van der Waals surface area contributed by atoms with Gasteiger partial charge in [0.05, 0.1) is 0 Å². The highest BCUT2D eigenvalue weighted by Gasteiger charge is 2.10. The molecule has 0 saturated heterocycles. The maximum atomic E-state index is 10.9. The fraction of sp³-hybridized carbons (Fsp3) is 0.700. The first-order chi connectivity index (χ1) is 21.5. The largest absolute Gasteiger partial charge is 0.300 e. The fourth-order valence-corrected chi connectivity index (χ4v) is 3.21. The number of carbonyl (C=O) groups excluding carboxylic acids is 6. The molecule has 1 aromatic carbocycles. The van der Waals surface area contributed by atoms with E-state index in [1.807, 2.05) is 45.9 Å². The molecule has 0 saturated carbocycles. The zero-order valence-corrected chi connectivity index (χ0v) is 32.2. The van der Waals surface area contributed by atoms with Crippen LogP contribution in [0, 0.1) is 11.8 Å². The normalized spacial score (nSPS) is 9.28. The summed E-state index contributed by atoms with van der Waals surface area (Å²) in [5, 5.41) is 0. The molecule has 0 bridgehead atoms. The minimum atomic E-state index is 0.213. The lowest BCUT2D eigenvalue weighted by Gasteiger charge is -2.09. The zero-order chi connectivity index (χ0) is 36.9. The highest BCUT2D eigenvalue weighted by molar-refractivity contribution is 5.78. The molecular formula is C40H72O6. The SMILES string of the molecule is CC(=O)C(C)C.CC(=O)CCCc1ccccc1.CCC(C)=O.CCCC(C)=O.CCCC(CCC)C(C)=O.CCCCC(C)=O. The summed E-state index contributed by atoms with van der Waals surface area (Å²) in [6, 6.07) is 10.3. The van der Waals surface area contributed by atoms with Crippen molar-refractivity contribution in [1.82, 2.24) is 0 Å². The van der Waals surface area contributed by atoms with Gasteiger partial charge in [0.15, 0.2) is 0 Å². The molecule has 0 unspecified atom stereocenters. The predicted molar refractivity (Wildman–Crippen MR) is 196 cm³/mol. The van der Waals surface area contributed by atoms with Gasteiger partial charge in [0.2, 0.25) is 0 Å². The van der Waals surface area contributed by atoms with E-state index >= 15 is 0 Å². The predicted octanol–water partition coefficient (Wildman–Crippen LogP) is 10.7. The summed E-state index contributed by atoms with van der Waals surface area (Å²) in [7, 11) is 0. The van der Waals surface area contributed by atoms with Crippen molar-refractivity contribution < 1.29 is 28.8 Å². The molecule has 1 aromatic rings. The minimum absolute atomic E-state index is 0.213. The Kier molecular flexibility index (Phi) is 46.2. The number of hydrogen-bond acceptors (Lipinski definition) is 6. The van der Waals surface area contributed by atoms with Gasteiger partial charge < -0.3 is 19.2 Å². The van der Waals surface area contributed by atoms with E-state index < -0.39 is 0 Å². The standard InChI is InChI=1S/C11H14O.C9H18O.C6H12O.2C5H10O.C4H8O/c1-10(12)6-5-9-11-7-3-2-4-8-11;1-4-6-9(7-5-2)8(3)10;1-3-4-5-6(2)7;1-4(2)5(3)6;1-3-4-5(2)6;1-3-4(2)5/h2-4,7-8H,5-6,9H2,1H3;9H,4-7H2,1-3H3;3-5H2,1-2H3;4H,1-3H3;3-4H2,1-2H3;3H2,1-2H3. The third-order valence-electron chi connectivity index (χ3n) is 6.48. The Morgan fingerprint density at radius 3 is 1.13 bits per heavy atom. The molecule has 0 N–H and O–H groups in total. The van der Waals surface area contributed by atoms with Crippen molar-refractivity contribution in [2.24, 2.45) is 11.8 Å². The first-order valence-electron chi connectivity index (χ1n) is 17.5. The van der Waals surface area contributed by atoms with Crippen molar-refractivity contribution in [2.45, 2.75) is 173 Å². The number of carbonyl (C=O) groups is 6. The molecule has 0 spiro atoms. The van der Waals surface area contributed by atoms with Crippen LogP contribution in [-0.4, -0.2) is 34.7 Å². The highest BCUT2D eigenvalue weighted by Crippen LogP contribution is 2.13. The third kappa shape index (κ3) is 57.0. The second-order valence-electron chi connectivity index (χ2n) is 12.0. The van der Waals surface area contributed by atoms with E-state index in [2.05, 4.69) is 32.9 Å². The molecule has 1 rings (SSSR count). The van der Waals surface area contributed by atoms with Gasteiger partial charge in [-0.05, 0) is 85.6 Å². The lowest BCUT2D eigenvalue weighted by atomic mass is 9.95. The molecule has 0 aromatic heterocycles. The molecule has 268 valence electrons. The molecule has 0 atom stereocenters. The molecule has 6 heteroatoms. The van der Waals surface area contributed by atoms with E-state index in [9.17, 15) is 28.8 Å². The highest BCUT2D eigenvalue weighted by atomic mass is 16.1. The Bertz CT molecular complexity index is 880. The van der Waals surface area contributed by atoms with Gasteiger partial charge >= 0.3 is 0 Å². The van der Waals surface area contributed by atoms with Gasteiger partial charge in [-0.15, -0.1) is 0 Å². The Morgan fingerprint density at radius 1 is 0.522 bits per heavy atom. The Morgan fingerprint density at radius 2 is 0.913 bits per heavy atom. The fourth-order valence-electron chi connectivity index (χ4n) is 3.21. The van der Waals surface area contributed by atoms with E-state index in [0.29, 0.717) is 30.3 Å². The summed E-state index contributed by atoms with van der Waals surface area (Å²) in [5.41, 5.74) is 1.32. The van der Waals surface area contributed by atoms with E-state index in [0.717, 1.165) is 70.6 Å². The molecule has 0 heterocycles. The van der Waals surface area contributed by atoms with Crippen molar-refractivity contribution in [3.05, 3.63) is 35.9 Å². The molecule has 0 aliphatic heterocycles. The average molecular weight is 649 g/mol. The van der Waals surface area contributed by atoms with Crippen molar-refractivity contribution >= 4 is 34.7 Å². The van der Waals surface area contributed by atoms with Gasteiger partial charge in [-0.1, -0.05) is 98.1 Å². The first-order valence-corrected chi connectivity index (χ1v) is 17.5. The van der Waals surface area contributed by atoms with Crippen LogP contribution in [0.4, 0.5) is 0 Å². The van der Waals surface area contributed by atoms with Gasteiger partial charge in [-0.25, -0.2) is 0 Å². The van der Waals surface area contributed by atoms with Crippen LogP contribution in [0.1, 0.15) is 173 Å². The molecule has 0 aliphatic carbocycles. The summed E-state index contributed by atoms with van der Waals surface area (Å²) in [5.74, 6) is 2.31. The maximum Gasteiger partial charge on any atom is 0.132 e. The number of Topliss-reactive ketones (excluding diaryl/α,β-unsaturated/α-hetero) is 6. The lowest BCUT2D eigenvalue weighted by Crippen LogP contribution is -2.09. The maximum absolute atomic E-state index is 10.9. The van der Waals surface area contributed by atoms with Crippen LogP contribution in [-0.2, 0) is 35.2 Å². The van der Waals surface area contributed by atoms with E-state index in [1.165, 1.54) is 5.56 Å². The topological polar surface area (TPSA) is 102 Å². The molecule has 0 amide bonds. The first kappa shape index (κ1) is 52.8. The molecular weight excluding hydrogens is 576 g/mol. The number of benzene rings is 1. The number of hydrogen-bond donors (Lipinski definition) is 0. The minimum Gasteiger partial charge on any atom is -0.300 e. The monoisotopic (exact) mass is 649 g/mol. The number of aryl methyl sites for hydroxylation is 1. The Balaban J connectivity index is -0.000000151. The third-order valence-corrected chi connectivity index (χ3v) is 6.48. The quantitative estimate of drug-likeness (QED) is 0.177. The smallest absolute Gasteiger partial charge is 0.132 e. The number of ketones is 6. The van der Waals surface area contributed by atoms with E-state index in [4.69, 9.17) is 0 Å². The molecule has 46 heavy (non-hydrogen) atoms. The van der Waals surface area contributed by atoms with E-state index in [1.54, 1.807) is 41.5 Å². The van der Waals surface area contributed by atoms with Gasteiger partial charge in [0, 0.05) is 37.5 Å². The molecule has 0 aliphatic rings. The average Bonchev–Trinajstić information content (AvgIpc) is 2.97. The Labute approximate surface area is 284 Å². The van der Waals surface area contributed by atoms with Crippen LogP contribution >= 0.6 is 0 Å². The number of rotatable bonds is 16. The molecule has 0 radical (unpaired) electrons. The molecule has 6 nitrogen and oxygen atoms in total. The van der Waals surface area contributed by atoms with Crippen LogP contribution in [0.25, 0.3) is 0 Å². The van der Waals surface area contributed by atoms with Crippen LogP contribution in [0.2, 0.25) is 0 Å². The van der Waals surface area contributed by atoms with Crippen molar-refractivity contribution in [1.29, 1.82) is 0 Å². The zero-order valence-electron chi connectivity index (χ0n) is 32.2. The Hall–Kier alpha value is -2.76. The summed E-state index contributed by atoms with van der Waals surface area (Å²) >= 11 is 0. The summed E-state index contributed by atoms with van der Waals surface area (Å²) in [4.78, 5) is 61.8. The van der Waals surface area contributed by atoms with Crippen molar-refractivity contribution in [2.75, 3.05) is 0 Å². The second-order valence-corrected chi connectivity index (χ2v) is 12.0. The number of unbranched alkanes of at least 4 members (excludes halogenated alkanes) is 1. The van der Waals surface area contributed by atoms with Gasteiger partial charge in [0.1, 0.15) is 34.7 Å². The van der Waals surface area contributed by atoms with Gasteiger partial charge in [-0.3, -0.25) is 9.59 Å². The van der Waals surface area contributed by atoms with Crippen molar-refractivity contribution in [3.8, 4) is 0 Å². The lowest BCUT2D eigenvalue weighted by molar-refractivity contribution is -0.121.